The number of nitro benzene ring substituents is 1. The number of aromatic nitrogens is 4. The van der Waals surface area contributed by atoms with Gasteiger partial charge in [-0.05, 0) is 40.8 Å². The van der Waals surface area contributed by atoms with E-state index in [-0.39, 0.29) is 11.6 Å². The molecule has 1 aliphatic rings. The molecule has 104 valence electrons. The molecule has 1 aliphatic carbocycles. The van der Waals surface area contributed by atoms with Gasteiger partial charge in [0.1, 0.15) is 0 Å². The molecule has 0 spiro atoms. The lowest BCUT2D eigenvalue weighted by atomic mass is 10.1. The third-order valence-electron chi connectivity index (χ3n) is 3.18. The van der Waals surface area contributed by atoms with Crippen molar-refractivity contribution in [3.8, 4) is 5.69 Å². The van der Waals surface area contributed by atoms with Gasteiger partial charge in [0, 0.05) is 14.5 Å². The summed E-state index contributed by atoms with van der Waals surface area (Å²) >= 11 is 0. The zero-order valence-electron chi connectivity index (χ0n) is 11.2. The monoisotopic (exact) mass is 280 g/mol. The Morgan fingerprint density at radius 2 is 2.25 bits per heavy atom. The average Bonchev–Trinajstić information content (AvgIpc) is 3.22. The van der Waals surface area contributed by atoms with E-state index in [0.29, 0.717) is 5.56 Å². The summed E-state index contributed by atoms with van der Waals surface area (Å²) in [7, 11) is -0.416. The zero-order valence-corrected chi connectivity index (χ0v) is 10.2. The molecule has 1 heterocycles. The van der Waals surface area contributed by atoms with Crippen molar-refractivity contribution in [1.82, 2.24) is 19.8 Å². The van der Waals surface area contributed by atoms with Crippen LogP contribution in [0.1, 0.15) is 25.7 Å². The first-order valence-electron chi connectivity index (χ1n) is 6.54. The van der Waals surface area contributed by atoms with Crippen molar-refractivity contribution in [1.29, 1.82) is 0 Å². The summed E-state index contributed by atoms with van der Waals surface area (Å²) in [5, 5.41) is 18.0. The van der Waals surface area contributed by atoms with E-state index in [4.69, 9.17) is 1.37 Å². The van der Waals surface area contributed by atoms with Crippen molar-refractivity contribution >= 4 is 5.69 Å². The summed E-state index contributed by atoms with van der Waals surface area (Å²) in [5.74, 6) is -0.880. The molecule has 20 heavy (non-hydrogen) atoms. The second-order valence-electron chi connectivity index (χ2n) is 4.57. The Labute approximate surface area is 113 Å². The van der Waals surface area contributed by atoms with E-state index in [1.54, 1.807) is 0 Å². The van der Waals surface area contributed by atoms with Crippen molar-refractivity contribution in [3.63, 3.8) is 0 Å². The van der Waals surface area contributed by atoms with E-state index in [9.17, 15) is 19.3 Å². The van der Waals surface area contributed by atoms with Crippen molar-refractivity contribution in [3.05, 3.63) is 44.1 Å². The smallest absolute Gasteiger partial charge is 0.258 e. The minimum absolute atomic E-state index is 0.0587. The number of halogens is 1. The molecule has 1 aromatic carbocycles. The van der Waals surface area contributed by atoms with Gasteiger partial charge < -0.3 is 0 Å². The van der Waals surface area contributed by atoms with Gasteiger partial charge in [-0.1, -0.05) is 0 Å². The summed E-state index contributed by atoms with van der Waals surface area (Å²) in [6.07, 6.45) is 1.65. The van der Waals surface area contributed by atoms with Crippen LogP contribution in [0.3, 0.4) is 0 Å². The third kappa shape index (κ3) is 1.87. The van der Waals surface area contributed by atoms with E-state index in [0.717, 1.165) is 34.3 Å². The largest absolute Gasteiger partial charge is 0.368 e. The molecule has 2 aromatic rings. The van der Waals surface area contributed by atoms with Gasteiger partial charge in [0.15, 0.2) is 0 Å². The van der Waals surface area contributed by atoms with Crippen LogP contribution in [0, 0.1) is 15.9 Å². The van der Waals surface area contributed by atoms with E-state index in [2.05, 4.69) is 10.4 Å². The number of hydrogen-bond acceptors (Lipinski definition) is 5. The highest BCUT2D eigenvalue weighted by Crippen LogP contribution is 2.43. The van der Waals surface area contributed by atoms with Crippen LogP contribution in [0.15, 0.2) is 16.9 Å². The number of benzene rings is 1. The predicted molar refractivity (Wildman–Crippen MR) is 65.2 cm³/mol. The lowest BCUT2D eigenvalue weighted by molar-refractivity contribution is -0.387. The molecule has 0 atom stereocenters. The van der Waals surface area contributed by atoms with Gasteiger partial charge in [0.25, 0.3) is 0 Å². The quantitative estimate of drug-likeness (QED) is 0.614. The van der Waals surface area contributed by atoms with Crippen molar-refractivity contribution in [2.24, 2.45) is 7.02 Å². The molecule has 3 rings (SSSR count). The minimum atomic E-state index is -0.938. The Morgan fingerprint density at radius 3 is 2.80 bits per heavy atom. The molecule has 1 fully saturated rings. The second kappa shape index (κ2) is 4.22. The topological polar surface area (TPSA) is 95.8 Å². The van der Waals surface area contributed by atoms with Crippen molar-refractivity contribution in [2.45, 2.75) is 18.8 Å². The van der Waals surface area contributed by atoms with Crippen LogP contribution in [0.4, 0.5) is 10.1 Å². The Morgan fingerprint density at radius 1 is 1.50 bits per heavy atom. The normalized spacial score (nSPS) is 15.2. The fraction of sp³-hybridized carbons (Fsp3) is 0.364. The second-order valence-corrected chi connectivity index (χ2v) is 4.57. The van der Waals surface area contributed by atoms with Gasteiger partial charge in [-0.15, -0.1) is 0 Å². The molecule has 1 saturated carbocycles. The third-order valence-corrected chi connectivity index (χ3v) is 3.18. The molecule has 0 amide bonds. The van der Waals surface area contributed by atoms with E-state index in [1.165, 1.54) is 0 Å². The highest BCUT2D eigenvalue weighted by molar-refractivity contribution is 5.52. The van der Waals surface area contributed by atoms with Crippen LogP contribution in [-0.4, -0.2) is 24.7 Å². The van der Waals surface area contributed by atoms with Crippen LogP contribution >= 0.6 is 0 Å². The molecule has 0 saturated heterocycles. The van der Waals surface area contributed by atoms with Crippen LogP contribution in [-0.2, 0) is 7.02 Å². The first kappa shape index (κ1) is 11.3. The summed E-state index contributed by atoms with van der Waals surface area (Å²) < 4.78 is 22.6. The molecule has 0 bridgehead atoms. The van der Waals surface area contributed by atoms with Gasteiger partial charge in [-0.2, -0.15) is 13.8 Å². The number of nitrogens with zero attached hydrogens (tertiary/aromatic N) is 5. The molecular formula is C11H10FN5O3. The number of hydrogen-bond donors (Lipinski definition) is 0. The maximum atomic E-state index is 13.8. The molecule has 0 N–H and O–H groups in total. The molecule has 1 aromatic heterocycles. The number of aryl methyl sites for hydroxylation is 1. The summed E-state index contributed by atoms with van der Waals surface area (Å²) in [6, 6.07) is 2.07. The van der Waals surface area contributed by atoms with Crippen molar-refractivity contribution in [2.75, 3.05) is 0 Å². The van der Waals surface area contributed by atoms with E-state index < -0.39 is 29.1 Å². The molecular weight excluding hydrogens is 269 g/mol. The summed E-state index contributed by atoms with van der Waals surface area (Å²) in [6.45, 7) is 0. The van der Waals surface area contributed by atoms with Gasteiger partial charge >= 0.3 is 11.4 Å². The Kier molecular flexibility index (Phi) is 2.38. The predicted octanol–water partition coefficient (Wildman–Crippen LogP) is 0.891. The Balaban J connectivity index is 2.23. The van der Waals surface area contributed by atoms with Crippen LogP contribution < -0.4 is 5.69 Å². The average molecular weight is 280 g/mol. The lowest BCUT2D eigenvalue weighted by Crippen LogP contribution is -2.23. The van der Waals surface area contributed by atoms with Gasteiger partial charge in [-0.3, -0.25) is 10.1 Å². The fourth-order valence-corrected chi connectivity index (χ4v) is 2.04. The van der Waals surface area contributed by atoms with E-state index in [1.807, 2.05) is 0 Å². The maximum absolute atomic E-state index is 13.8. The molecule has 9 heteroatoms. The van der Waals surface area contributed by atoms with Gasteiger partial charge in [0.2, 0.25) is 5.82 Å². The van der Waals surface area contributed by atoms with Crippen LogP contribution in [0.25, 0.3) is 5.69 Å². The van der Waals surface area contributed by atoms with Crippen molar-refractivity contribution < 1.29 is 10.7 Å². The molecule has 8 nitrogen and oxygen atoms in total. The maximum Gasteiger partial charge on any atom is 0.368 e. The standard InChI is InChI=1S/C11H10FN5O3/c1-15-11(18)16(14-13-15)9-5-10(17(19)20)8(12)4-7(9)6-2-3-6/h4-6H,2-3H2,1H3/i1D. The minimum Gasteiger partial charge on any atom is -0.258 e. The molecule has 0 unspecified atom stereocenters. The fourth-order valence-electron chi connectivity index (χ4n) is 2.04. The lowest BCUT2D eigenvalue weighted by Gasteiger charge is -2.07. The highest BCUT2D eigenvalue weighted by atomic mass is 19.1. The van der Waals surface area contributed by atoms with Crippen LogP contribution in [0.5, 0.6) is 0 Å². The summed E-state index contributed by atoms with van der Waals surface area (Å²) in [4.78, 5) is 22.0. The Bertz CT molecular complexity index is 783. The first-order valence-corrected chi connectivity index (χ1v) is 5.83. The summed E-state index contributed by atoms with van der Waals surface area (Å²) in [5.41, 5.74) is -0.762. The van der Waals surface area contributed by atoms with Crippen LogP contribution in [0.2, 0.25) is 0 Å². The van der Waals surface area contributed by atoms with Gasteiger partial charge in [-0.25, -0.2) is 4.79 Å². The number of tetrazole rings is 1. The first-order chi connectivity index (χ1) is 10.0. The zero-order chi connectivity index (χ0) is 15.1. The molecule has 0 radical (unpaired) electrons. The SMILES string of the molecule is [2H]Cn1nnn(-c2cc([N+](=O)[O-])c(F)cc2C2CC2)c1=O. The highest BCUT2D eigenvalue weighted by Gasteiger charge is 2.31. The number of nitro groups is 1. The Hall–Kier alpha value is -2.58. The van der Waals surface area contributed by atoms with E-state index >= 15 is 0 Å². The van der Waals surface area contributed by atoms with Gasteiger partial charge in [0.05, 0.1) is 10.6 Å². The number of rotatable bonds is 3. The molecule has 0 aliphatic heterocycles.